The molecule has 2 amide bonds. The molecule has 0 aromatic heterocycles. The molecular formula is C21H28N2O4. The van der Waals surface area contributed by atoms with Gasteiger partial charge in [-0.3, -0.25) is 0 Å². The summed E-state index contributed by atoms with van der Waals surface area (Å²) < 4.78 is 5.56. The average molecular weight is 372 g/mol. The number of benzene rings is 2. The van der Waals surface area contributed by atoms with Gasteiger partial charge in [0.25, 0.3) is 0 Å². The van der Waals surface area contributed by atoms with E-state index in [1.54, 1.807) is 24.3 Å². The number of urea groups is 1. The number of ether oxygens (including phenoxy) is 1. The highest BCUT2D eigenvalue weighted by atomic mass is 16.5. The lowest BCUT2D eigenvalue weighted by Gasteiger charge is -2.19. The lowest BCUT2D eigenvalue weighted by atomic mass is 9.87. The average Bonchev–Trinajstić information content (AvgIpc) is 2.64. The summed E-state index contributed by atoms with van der Waals surface area (Å²) in [5.41, 5.74) is 2.16. The molecule has 1 unspecified atom stereocenters. The van der Waals surface area contributed by atoms with Gasteiger partial charge in [-0.2, -0.15) is 0 Å². The minimum absolute atomic E-state index is 0.0788. The van der Waals surface area contributed by atoms with E-state index in [1.807, 2.05) is 24.3 Å². The van der Waals surface area contributed by atoms with Crippen LogP contribution in [0.5, 0.6) is 11.5 Å². The number of aromatic hydroxyl groups is 1. The molecule has 2 aromatic rings. The van der Waals surface area contributed by atoms with E-state index in [-0.39, 0.29) is 30.3 Å². The zero-order chi connectivity index (χ0) is 19.9. The van der Waals surface area contributed by atoms with Gasteiger partial charge in [0.05, 0.1) is 0 Å². The Kier molecular flexibility index (Phi) is 7.07. The fourth-order valence-electron chi connectivity index (χ4n) is 2.37. The van der Waals surface area contributed by atoms with E-state index in [0.29, 0.717) is 12.3 Å². The van der Waals surface area contributed by atoms with Crippen LogP contribution in [0.2, 0.25) is 0 Å². The largest absolute Gasteiger partial charge is 0.508 e. The fourth-order valence-corrected chi connectivity index (χ4v) is 2.37. The lowest BCUT2D eigenvalue weighted by Crippen LogP contribution is -2.41. The van der Waals surface area contributed by atoms with Crippen LogP contribution in [0.4, 0.5) is 4.79 Å². The second-order valence-corrected chi connectivity index (χ2v) is 7.47. The van der Waals surface area contributed by atoms with E-state index in [2.05, 4.69) is 31.4 Å². The highest BCUT2D eigenvalue weighted by molar-refractivity contribution is 5.73. The van der Waals surface area contributed by atoms with Crippen LogP contribution in [0.15, 0.2) is 48.5 Å². The van der Waals surface area contributed by atoms with Crippen molar-refractivity contribution >= 4 is 6.03 Å². The van der Waals surface area contributed by atoms with Crippen molar-refractivity contribution < 1.29 is 19.7 Å². The number of amides is 2. The SMILES string of the molecule is CC(C)(C)c1ccc(OCC(O)CNC(=O)NCc2ccc(O)cc2)cc1. The minimum atomic E-state index is -0.813. The maximum absolute atomic E-state index is 11.8. The topological polar surface area (TPSA) is 90.8 Å². The standard InChI is InChI=1S/C21H28N2O4/c1-21(2,3)16-6-10-19(11-7-16)27-14-18(25)13-23-20(26)22-12-15-4-8-17(24)9-5-15/h4-11,18,24-25H,12-14H2,1-3H3,(H2,22,23,26). The first-order valence-electron chi connectivity index (χ1n) is 8.95. The van der Waals surface area contributed by atoms with Gasteiger partial charge in [0, 0.05) is 13.1 Å². The third-order valence-corrected chi connectivity index (χ3v) is 4.05. The van der Waals surface area contributed by atoms with Gasteiger partial charge in [-0.15, -0.1) is 0 Å². The number of hydrogen-bond donors (Lipinski definition) is 4. The Hall–Kier alpha value is -2.73. The summed E-state index contributed by atoms with van der Waals surface area (Å²) in [4.78, 5) is 11.8. The molecule has 4 N–H and O–H groups in total. The molecule has 0 aliphatic rings. The molecule has 6 heteroatoms. The van der Waals surface area contributed by atoms with Crippen LogP contribution in [-0.2, 0) is 12.0 Å². The summed E-state index contributed by atoms with van der Waals surface area (Å²) in [7, 11) is 0. The van der Waals surface area contributed by atoms with E-state index in [9.17, 15) is 15.0 Å². The monoisotopic (exact) mass is 372 g/mol. The first-order valence-corrected chi connectivity index (χ1v) is 8.95. The Morgan fingerprint density at radius 3 is 2.26 bits per heavy atom. The van der Waals surface area contributed by atoms with Gasteiger partial charge >= 0.3 is 6.03 Å². The molecule has 2 aromatic carbocycles. The highest BCUT2D eigenvalue weighted by Crippen LogP contribution is 2.24. The van der Waals surface area contributed by atoms with E-state index in [1.165, 1.54) is 5.56 Å². The van der Waals surface area contributed by atoms with Crippen molar-refractivity contribution in [1.82, 2.24) is 10.6 Å². The number of carbonyl (C=O) groups is 1. The molecule has 2 rings (SSSR count). The number of carbonyl (C=O) groups excluding carboxylic acids is 1. The number of hydrogen-bond acceptors (Lipinski definition) is 4. The number of aliphatic hydroxyl groups is 1. The first kappa shape index (κ1) is 20.6. The van der Waals surface area contributed by atoms with E-state index < -0.39 is 6.10 Å². The Bertz CT molecular complexity index is 721. The van der Waals surface area contributed by atoms with Crippen LogP contribution < -0.4 is 15.4 Å². The number of rotatable bonds is 7. The van der Waals surface area contributed by atoms with Crippen molar-refractivity contribution in [3.05, 3.63) is 59.7 Å². The molecule has 0 saturated heterocycles. The predicted molar refractivity (Wildman–Crippen MR) is 105 cm³/mol. The van der Waals surface area contributed by atoms with E-state index in [4.69, 9.17) is 4.74 Å². The van der Waals surface area contributed by atoms with Crippen molar-refractivity contribution in [2.75, 3.05) is 13.2 Å². The molecule has 27 heavy (non-hydrogen) atoms. The van der Waals surface area contributed by atoms with Crippen LogP contribution in [0, 0.1) is 0 Å². The Labute approximate surface area is 160 Å². The molecule has 0 aliphatic heterocycles. The van der Waals surface area contributed by atoms with Crippen molar-refractivity contribution in [3.8, 4) is 11.5 Å². The maximum atomic E-state index is 11.8. The first-order chi connectivity index (χ1) is 12.7. The molecule has 0 fully saturated rings. The lowest BCUT2D eigenvalue weighted by molar-refractivity contribution is 0.108. The smallest absolute Gasteiger partial charge is 0.315 e. The van der Waals surface area contributed by atoms with Crippen molar-refractivity contribution in [2.45, 2.75) is 38.8 Å². The molecule has 0 radical (unpaired) electrons. The molecule has 0 heterocycles. The summed E-state index contributed by atoms with van der Waals surface area (Å²) in [6.45, 7) is 6.94. The van der Waals surface area contributed by atoms with Crippen LogP contribution in [0.1, 0.15) is 31.9 Å². The van der Waals surface area contributed by atoms with Crippen LogP contribution in [0.25, 0.3) is 0 Å². The van der Waals surface area contributed by atoms with E-state index in [0.717, 1.165) is 5.56 Å². The molecule has 0 saturated carbocycles. The van der Waals surface area contributed by atoms with Crippen molar-refractivity contribution in [2.24, 2.45) is 0 Å². The summed E-state index contributed by atoms with van der Waals surface area (Å²) in [5, 5.41) is 24.5. The van der Waals surface area contributed by atoms with Crippen molar-refractivity contribution in [3.63, 3.8) is 0 Å². The summed E-state index contributed by atoms with van der Waals surface area (Å²) >= 11 is 0. The highest BCUT2D eigenvalue weighted by Gasteiger charge is 2.13. The Morgan fingerprint density at radius 1 is 1.04 bits per heavy atom. The van der Waals surface area contributed by atoms with Crippen molar-refractivity contribution in [1.29, 1.82) is 0 Å². The molecule has 0 aliphatic carbocycles. The molecule has 0 bridgehead atoms. The third kappa shape index (κ3) is 7.19. The van der Waals surface area contributed by atoms with Gasteiger partial charge in [-0.25, -0.2) is 4.79 Å². The van der Waals surface area contributed by atoms with Gasteiger partial charge in [0.1, 0.15) is 24.2 Å². The van der Waals surface area contributed by atoms with Gasteiger partial charge in [0.2, 0.25) is 0 Å². The van der Waals surface area contributed by atoms with Crippen LogP contribution in [0.3, 0.4) is 0 Å². The third-order valence-electron chi connectivity index (χ3n) is 4.05. The second-order valence-electron chi connectivity index (χ2n) is 7.47. The molecule has 0 spiro atoms. The zero-order valence-electron chi connectivity index (χ0n) is 16.0. The molecule has 146 valence electrons. The summed E-state index contributed by atoms with van der Waals surface area (Å²) in [6, 6.07) is 14.0. The van der Waals surface area contributed by atoms with Gasteiger partial charge < -0.3 is 25.6 Å². The van der Waals surface area contributed by atoms with Gasteiger partial charge in [0.15, 0.2) is 0 Å². The zero-order valence-corrected chi connectivity index (χ0v) is 16.0. The summed E-state index contributed by atoms with van der Waals surface area (Å²) in [5.74, 6) is 0.859. The Balaban J connectivity index is 1.67. The minimum Gasteiger partial charge on any atom is -0.508 e. The number of aliphatic hydroxyl groups excluding tert-OH is 1. The number of phenolic OH excluding ortho intramolecular Hbond substituents is 1. The van der Waals surface area contributed by atoms with E-state index >= 15 is 0 Å². The normalized spacial score (nSPS) is 12.3. The van der Waals surface area contributed by atoms with Crippen LogP contribution >= 0.6 is 0 Å². The quantitative estimate of drug-likeness (QED) is 0.601. The fraction of sp³-hybridized carbons (Fsp3) is 0.381. The second kappa shape index (κ2) is 9.28. The molecular weight excluding hydrogens is 344 g/mol. The van der Waals surface area contributed by atoms with Crippen LogP contribution in [-0.4, -0.2) is 35.5 Å². The van der Waals surface area contributed by atoms with Gasteiger partial charge in [-0.05, 0) is 40.8 Å². The number of phenols is 1. The Morgan fingerprint density at radius 2 is 1.67 bits per heavy atom. The number of nitrogens with one attached hydrogen (secondary N) is 2. The molecule has 1 atom stereocenters. The summed E-state index contributed by atoms with van der Waals surface area (Å²) in [6.07, 6.45) is -0.813. The predicted octanol–water partition coefficient (Wildman–Crippen LogP) is 2.93. The molecule has 6 nitrogen and oxygen atoms in total. The van der Waals surface area contributed by atoms with Gasteiger partial charge in [-0.1, -0.05) is 45.0 Å². The maximum Gasteiger partial charge on any atom is 0.315 e.